The van der Waals surface area contributed by atoms with Crippen LogP contribution < -0.4 is 0 Å². The van der Waals surface area contributed by atoms with Crippen molar-refractivity contribution in [2.45, 2.75) is 66.0 Å². The van der Waals surface area contributed by atoms with Crippen LogP contribution in [0.1, 0.15) is 74.6 Å². The van der Waals surface area contributed by atoms with Crippen LogP contribution in [0, 0.1) is 16.7 Å². The molecule has 0 radical (unpaired) electrons. The number of benzene rings is 1. The first-order valence-corrected chi connectivity index (χ1v) is 11.4. The molecule has 1 aromatic rings. The normalized spacial score (nSPS) is 27.0. The first-order valence-electron chi connectivity index (χ1n) is 11.4. The van der Waals surface area contributed by atoms with Crippen LogP contribution in [0.3, 0.4) is 0 Å². The number of esters is 1. The first kappa shape index (κ1) is 22.5. The van der Waals surface area contributed by atoms with Gasteiger partial charge in [-0.3, -0.25) is 19.3 Å². The molecule has 0 aromatic heterocycles. The molecule has 2 bridgehead atoms. The molecule has 0 unspecified atom stereocenters. The summed E-state index contributed by atoms with van der Waals surface area (Å²) in [5.41, 5.74) is 0.837. The summed E-state index contributed by atoms with van der Waals surface area (Å²) >= 11 is 0. The van der Waals surface area contributed by atoms with Gasteiger partial charge in [0.25, 0.3) is 17.7 Å². The maximum Gasteiger partial charge on any atom is 0.330 e. The average Bonchev–Trinajstić information content (AvgIpc) is 3.10. The Morgan fingerprint density at radius 1 is 1.06 bits per heavy atom. The number of fused-ring (bicyclic) bond motifs is 3. The number of hydrogen-bond donors (Lipinski definition) is 0. The number of rotatable bonds is 5. The third-order valence-electron chi connectivity index (χ3n) is 7.05. The van der Waals surface area contributed by atoms with Crippen LogP contribution in [0.4, 0.5) is 0 Å². The molecule has 0 N–H and O–H groups in total. The molecule has 4 rings (SSSR count). The van der Waals surface area contributed by atoms with E-state index < -0.39 is 23.8 Å². The van der Waals surface area contributed by atoms with E-state index in [1.54, 1.807) is 38.1 Å². The van der Waals surface area contributed by atoms with Gasteiger partial charge >= 0.3 is 5.97 Å². The van der Waals surface area contributed by atoms with E-state index in [-0.39, 0.29) is 46.4 Å². The van der Waals surface area contributed by atoms with Gasteiger partial charge in [0.1, 0.15) is 6.04 Å². The lowest BCUT2D eigenvalue weighted by Gasteiger charge is -2.39. The predicted octanol–water partition coefficient (Wildman–Crippen LogP) is 3.28. The van der Waals surface area contributed by atoms with Crippen LogP contribution in [0.25, 0.3) is 0 Å². The Hall–Kier alpha value is -2.70. The molecule has 2 heterocycles. The zero-order valence-electron chi connectivity index (χ0n) is 19.5. The van der Waals surface area contributed by atoms with E-state index >= 15 is 0 Å². The molecule has 7 heteroatoms. The van der Waals surface area contributed by atoms with Crippen molar-refractivity contribution in [3.63, 3.8) is 0 Å². The largest absolute Gasteiger partial charge is 0.454 e. The van der Waals surface area contributed by atoms with Crippen molar-refractivity contribution in [1.82, 2.24) is 9.80 Å². The van der Waals surface area contributed by atoms with Crippen LogP contribution >= 0.6 is 0 Å². The molecule has 3 aliphatic rings. The van der Waals surface area contributed by atoms with Gasteiger partial charge in [-0.05, 0) is 48.1 Å². The number of imide groups is 1. The number of nitrogens with zero attached hydrogens (tertiary/aromatic N) is 2. The minimum atomic E-state index is -1.08. The van der Waals surface area contributed by atoms with Gasteiger partial charge < -0.3 is 9.64 Å². The van der Waals surface area contributed by atoms with Gasteiger partial charge in [0.15, 0.2) is 6.61 Å². The smallest absolute Gasteiger partial charge is 0.330 e. The lowest BCUT2D eigenvalue weighted by Crippen LogP contribution is -2.49. The van der Waals surface area contributed by atoms with Gasteiger partial charge in [-0.25, -0.2) is 4.79 Å². The number of ether oxygens (including phenoxy) is 1. The Bertz CT molecular complexity index is 949. The quantitative estimate of drug-likeness (QED) is 0.518. The van der Waals surface area contributed by atoms with Crippen molar-refractivity contribution in [3.8, 4) is 0 Å². The first-order chi connectivity index (χ1) is 14.9. The molecule has 3 amide bonds. The van der Waals surface area contributed by atoms with Crippen LogP contribution in [0.2, 0.25) is 0 Å². The zero-order chi connectivity index (χ0) is 23.4. The van der Waals surface area contributed by atoms with E-state index in [2.05, 4.69) is 20.8 Å². The maximum atomic E-state index is 13.0. The van der Waals surface area contributed by atoms with E-state index in [1.807, 2.05) is 4.90 Å². The van der Waals surface area contributed by atoms with E-state index in [1.165, 1.54) is 0 Å². The van der Waals surface area contributed by atoms with Crippen molar-refractivity contribution in [2.75, 3.05) is 13.2 Å². The van der Waals surface area contributed by atoms with Crippen molar-refractivity contribution in [1.29, 1.82) is 0 Å². The Kier molecular flexibility index (Phi) is 5.42. The highest BCUT2D eigenvalue weighted by molar-refractivity contribution is 6.22. The lowest BCUT2D eigenvalue weighted by atomic mass is 9.65. The van der Waals surface area contributed by atoms with Crippen molar-refractivity contribution in [2.24, 2.45) is 16.7 Å². The summed E-state index contributed by atoms with van der Waals surface area (Å²) in [7, 11) is 0. The predicted molar refractivity (Wildman–Crippen MR) is 118 cm³/mol. The van der Waals surface area contributed by atoms with Gasteiger partial charge in [-0.15, -0.1) is 0 Å². The van der Waals surface area contributed by atoms with Crippen LogP contribution in [0.5, 0.6) is 0 Å². The Balaban J connectivity index is 1.44. The number of hydrogen-bond acceptors (Lipinski definition) is 5. The van der Waals surface area contributed by atoms with Gasteiger partial charge in [-0.2, -0.15) is 0 Å². The second kappa shape index (κ2) is 7.71. The van der Waals surface area contributed by atoms with Crippen molar-refractivity contribution >= 4 is 23.7 Å². The fraction of sp³-hybridized carbons (Fsp3) is 0.600. The molecule has 1 aliphatic carbocycles. The topological polar surface area (TPSA) is 84.0 Å². The monoisotopic (exact) mass is 440 g/mol. The zero-order valence-corrected chi connectivity index (χ0v) is 19.5. The molecule has 7 nitrogen and oxygen atoms in total. The second-order valence-electron chi connectivity index (χ2n) is 11.1. The second-order valence-corrected chi connectivity index (χ2v) is 11.1. The lowest BCUT2D eigenvalue weighted by molar-refractivity contribution is -0.156. The van der Waals surface area contributed by atoms with E-state index in [0.717, 1.165) is 24.2 Å². The van der Waals surface area contributed by atoms with Gasteiger partial charge in [-0.1, -0.05) is 46.8 Å². The summed E-state index contributed by atoms with van der Waals surface area (Å²) in [6.45, 7) is 10.5. The van der Waals surface area contributed by atoms with Crippen molar-refractivity contribution in [3.05, 3.63) is 35.4 Å². The number of carbonyl (C=O) groups excluding carboxylic acids is 4. The highest BCUT2D eigenvalue weighted by atomic mass is 16.5. The van der Waals surface area contributed by atoms with Crippen LogP contribution in [-0.4, -0.2) is 58.7 Å². The van der Waals surface area contributed by atoms with Crippen LogP contribution in [0.15, 0.2) is 24.3 Å². The minimum absolute atomic E-state index is 0.0900. The van der Waals surface area contributed by atoms with E-state index in [9.17, 15) is 19.2 Å². The third-order valence-corrected chi connectivity index (χ3v) is 7.05. The number of carbonyl (C=O) groups is 4. The molecule has 1 saturated heterocycles. The highest BCUT2D eigenvalue weighted by Crippen LogP contribution is 2.52. The average molecular weight is 441 g/mol. The molecule has 1 aromatic carbocycles. The fourth-order valence-electron chi connectivity index (χ4n) is 6.19. The van der Waals surface area contributed by atoms with Gasteiger partial charge in [0, 0.05) is 12.6 Å². The molecular weight excluding hydrogens is 408 g/mol. The third kappa shape index (κ3) is 3.82. The van der Waals surface area contributed by atoms with Gasteiger partial charge in [0.05, 0.1) is 11.1 Å². The molecule has 0 spiro atoms. The summed E-state index contributed by atoms with van der Waals surface area (Å²) < 4.78 is 5.40. The maximum absolute atomic E-state index is 13.0. The Morgan fingerprint density at radius 3 is 2.22 bits per heavy atom. The molecular formula is C25H32N2O5. The summed E-state index contributed by atoms with van der Waals surface area (Å²) in [6, 6.07) is 5.60. The van der Waals surface area contributed by atoms with E-state index in [0.29, 0.717) is 6.54 Å². The molecule has 172 valence electrons. The molecule has 1 saturated carbocycles. The summed E-state index contributed by atoms with van der Waals surface area (Å²) in [5, 5.41) is 0. The van der Waals surface area contributed by atoms with Gasteiger partial charge in [0.2, 0.25) is 0 Å². The highest BCUT2D eigenvalue weighted by Gasteiger charge is 2.51. The molecule has 3 atom stereocenters. The summed E-state index contributed by atoms with van der Waals surface area (Å²) in [5.74, 6) is -2.30. The Labute approximate surface area is 189 Å². The standard InChI is InChI=1S/C25H32N2O5/c1-15(2)20(27-21(29)17-8-6-7-9-18(17)22(27)30)23(31)32-12-19(28)26-14-25(5)11-16(26)10-24(3,4)13-25/h6-9,15-16,20H,10-14H2,1-5H3/t16-,20+,25+/m1/s1. The van der Waals surface area contributed by atoms with E-state index in [4.69, 9.17) is 4.74 Å². The van der Waals surface area contributed by atoms with Crippen LogP contribution in [-0.2, 0) is 14.3 Å². The molecule has 2 aliphatic heterocycles. The summed E-state index contributed by atoms with van der Waals surface area (Å²) in [6.07, 6.45) is 2.97. The number of likely N-dealkylation sites (tertiary alicyclic amines) is 1. The Morgan fingerprint density at radius 2 is 1.66 bits per heavy atom. The number of amides is 3. The molecule has 32 heavy (non-hydrogen) atoms. The molecule has 2 fully saturated rings. The minimum Gasteiger partial charge on any atom is -0.454 e. The van der Waals surface area contributed by atoms with Crippen molar-refractivity contribution < 1.29 is 23.9 Å². The summed E-state index contributed by atoms with van der Waals surface area (Å²) in [4.78, 5) is 54.5. The fourth-order valence-corrected chi connectivity index (χ4v) is 6.19. The SMILES string of the molecule is CC(C)[C@@H](C(=O)OCC(=O)N1C[C@@]2(C)C[C@H]1CC(C)(C)C2)N1C(=O)c2ccccc2C1=O.